The summed E-state index contributed by atoms with van der Waals surface area (Å²) in [6, 6.07) is 11.3. The number of carbonyl (C=O) groups is 1. The number of nitrogens with one attached hydrogen (secondary N) is 2. The van der Waals surface area contributed by atoms with Crippen molar-refractivity contribution in [2.45, 2.75) is 26.4 Å². The predicted molar refractivity (Wildman–Crippen MR) is 105 cm³/mol. The molecule has 0 saturated heterocycles. The van der Waals surface area contributed by atoms with Crippen molar-refractivity contribution in [1.82, 2.24) is 15.2 Å². The smallest absolute Gasteiger partial charge is 0.252 e. The normalized spacial score (nSPS) is 10.8. The van der Waals surface area contributed by atoms with Gasteiger partial charge in [-0.2, -0.15) is 0 Å². The van der Waals surface area contributed by atoms with Gasteiger partial charge in [0, 0.05) is 12.7 Å². The Kier molecular flexibility index (Phi) is 7.41. The van der Waals surface area contributed by atoms with Gasteiger partial charge in [0.15, 0.2) is 0 Å². The van der Waals surface area contributed by atoms with Crippen molar-refractivity contribution in [2.75, 3.05) is 32.5 Å². The highest BCUT2D eigenvalue weighted by atomic mass is 16.5. The maximum atomic E-state index is 12.1. The molecule has 2 rings (SSSR count). The summed E-state index contributed by atoms with van der Waals surface area (Å²) in [6.45, 7) is 5.57. The monoisotopic (exact) mass is 356 g/mol. The number of pyridine rings is 1. The van der Waals surface area contributed by atoms with Crippen LogP contribution in [0.5, 0.6) is 5.75 Å². The number of carbonyl (C=O) groups excluding carboxylic acids is 1. The van der Waals surface area contributed by atoms with Crippen molar-refractivity contribution in [3.63, 3.8) is 0 Å². The minimum Gasteiger partial charge on any atom is -0.489 e. The average Bonchev–Trinajstić information content (AvgIpc) is 2.60. The molecule has 6 nitrogen and oxygen atoms in total. The van der Waals surface area contributed by atoms with Crippen LogP contribution in [0.15, 0.2) is 42.6 Å². The van der Waals surface area contributed by atoms with Gasteiger partial charge in [-0.1, -0.05) is 12.1 Å². The summed E-state index contributed by atoms with van der Waals surface area (Å²) in [6.07, 6.45) is 2.58. The third-order valence-electron chi connectivity index (χ3n) is 3.61. The van der Waals surface area contributed by atoms with Crippen LogP contribution in [0.2, 0.25) is 0 Å². The Morgan fingerprint density at radius 2 is 1.96 bits per heavy atom. The van der Waals surface area contributed by atoms with Crippen LogP contribution in [-0.4, -0.2) is 49.1 Å². The molecule has 140 valence electrons. The van der Waals surface area contributed by atoms with Gasteiger partial charge in [-0.05, 0) is 65.2 Å². The second-order valence-corrected chi connectivity index (χ2v) is 6.63. The molecule has 0 fully saturated rings. The molecule has 6 heteroatoms. The molecule has 0 radical (unpaired) electrons. The average molecular weight is 356 g/mol. The first-order valence-electron chi connectivity index (χ1n) is 8.87. The van der Waals surface area contributed by atoms with Crippen LogP contribution in [0.1, 0.15) is 30.6 Å². The lowest BCUT2D eigenvalue weighted by molar-refractivity contribution is 0.0952. The number of hydrogen-bond acceptors (Lipinski definition) is 5. The minimum absolute atomic E-state index is 0.0875. The zero-order valence-electron chi connectivity index (χ0n) is 16.0. The Hall–Kier alpha value is -2.60. The predicted octanol–water partition coefficient (Wildman–Crippen LogP) is 3.29. The Bertz CT molecular complexity index is 699. The molecule has 0 aliphatic heterocycles. The van der Waals surface area contributed by atoms with E-state index >= 15 is 0 Å². The standard InChI is InChI=1S/C20H28N4O2/c1-15(2)26-18-9-6-5-8-17(18)23-19-11-10-16(14-22-19)20(25)21-12-7-13-24(3)4/h5-6,8-11,14-15H,7,12-13H2,1-4H3,(H,21,25)(H,22,23). The van der Waals surface area contributed by atoms with Gasteiger partial charge in [-0.25, -0.2) is 4.98 Å². The fourth-order valence-electron chi connectivity index (χ4n) is 2.37. The molecule has 2 N–H and O–H groups in total. The molecule has 1 aromatic heterocycles. The third-order valence-corrected chi connectivity index (χ3v) is 3.61. The number of para-hydroxylation sites is 2. The highest BCUT2D eigenvalue weighted by Gasteiger charge is 2.08. The molecule has 2 aromatic rings. The number of hydrogen-bond donors (Lipinski definition) is 2. The molecule has 0 bridgehead atoms. The van der Waals surface area contributed by atoms with Crippen LogP contribution >= 0.6 is 0 Å². The van der Waals surface area contributed by atoms with Crippen molar-refractivity contribution in [2.24, 2.45) is 0 Å². The van der Waals surface area contributed by atoms with Gasteiger partial charge in [-0.3, -0.25) is 4.79 Å². The topological polar surface area (TPSA) is 66.5 Å². The van der Waals surface area contributed by atoms with Gasteiger partial charge in [0.05, 0.1) is 17.4 Å². The first-order chi connectivity index (χ1) is 12.5. The number of ether oxygens (including phenoxy) is 1. The van der Waals surface area contributed by atoms with Gasteiger partial charge in [0.25, 0.3) is 5.91 Å². The van der Waals surface area contributed by atoms with Crippen molar-refractivity contribution in [3.05, 3.63) is 48.2 Å². The number of anilines is 2. The van der Waals surface area contributed by atoms with Crippen molar-refractivity contribution < 1.29 is 9.53 Å². The molecular weight excluding hydrogens is 328 g/mol. The van der Waals surface area contributed by atoms with E-state index in [9.17, 15) is 4.79 Å². The molecule has 26 heavy (non-hydrogen) atoms. The van der Waals surface area contributed by atoms with Gasteiger partial charge in [-0.15, -0.1) is 0 Å². The molecule has 0 unspecified atom stereocenters. The van der Waals surface area contributed by atoms with E-state index in [-0.39, 0.29) is 12.0 Å². The van der Waals surface area contributed by atoms with Crippen molar-refractivity contribution >= 4 is 17.4 Å². The number of rotatable bonds is 9. The highest BCUT2D eigenvalue weighted by Crippen LogP contribution is 2.27. The molecule has 0 aliphatic rings. The maximum absolute atomic E-state index is 12.1. The second kappa shape index (κ2) is 9.77. The highest BCUT2D eigenvalue weighted by molar-refractivity contribution is 5.94. The number of nitrogens with zero attached hydrogens (tertiary/aromatic N) is 2. The summed E-state index contributed by atoms with van der Waals surface area (Å²) in [4.78, 5) is 18.6. The van der Waals surface area contributed by atoms with Crippen LogP contribution in [0.25, 0.3) is 0 Å². The van der Waals surface area contributed by atoms with E-state index in [1.807, 2.05) is 52.2 Å². The lowest BCUT2D eigenvalue weighted by atomic mass is 10.2. The molecule has 0 spiro atoms. The largest absolute Gasteiger partial charge is 0.489 e. The molecule has 1 heterocycles. The van der Waals surface area contributed by atoms with Crippen LogP contribution in [0.3, 0.4) is 0 Å². The quantitative estimate of drug-likeness (QED) is 0.675. The van der Waals surface area contributed by atoms with Crippen LogP contribution in [-0.2, 0) is 0 Å². The van der Waals surface area contributed by atoms with E-state index in [1.165, 1.54) is 0 Å². The molecule has 1 aromatic carbocycles. The summed E-state index contributed by atoms with van der Waals surface area (Å²) in [5, 5.41) is 6.14. The Labute approximate surface area is 155 Å². The molecule has 0 atom stereocenters. The number of benzene rings is 1. The summed E-state index contributed by atoms with van der Waals surface area (Å²) >= 11 is 0. The van der Waals surface area contributed by atoms with Crippen molar-refractivity contribution in [3.8, 4) is 5.75 Å². The van der Waals surface area contributed by atoms with Crippen LogP contribution < -0.4 is 15.4 Å². The van der Waals surface area contributed by atoms with Gasteiger partial charge >= 0.3 is 0 Å². The van der Waals surface area contributed by atoms with E-state index < -0.39 is 0 Å². The lowest BCUT2D eigenvalue weighted by Gasteiger charge is -2.15. The Morgan fingerprint density at radius 1 is 1.19 bits per heavy atom. The fraction of sp³-hybridized carbons (Fsp3) is 0.400. The number of aromatic nitrogens is 1. The Morgan fingerprint density at radius 3 is 2.62 bits per heavy atom. The van der Waals surface area contributed by atoms with Gasteiger partial charge in [0.1, 0.15) is 11.6 Å². The summed E-state index contributed by atoms with van der Waals surface area (Å²) in [7, 11) is 4.03. The fourth-order valence-corrected chi connectivity index (χ4v) is 2.37. The third kappa shape index (κ3) is 6.37. The summed E-state index contributed by atoms with van der Waals surface area (Å²) in [5.74, 6) is 1.33. The summed E-state index contributed by atoms with van der Waals surface area (Å²) in [5.41, 5.74) is 1.39. The van der Waals surface area contributed by atoms with Gasteiger partial charge < -0.3 is 20.3 Å². The zero-order valence-corrected chi connectivity index (χ0v) is 16.0. The minimum atomic E-state index is -0.105. The van der Waals surface area contributed by atoms with E-state index in [0.717, 1.165) is 24.4 Å². The van der Waals surface area contributed by atoms with Crippen LogP contribution in [0.4, 0.5) is 11.5 Å². The van der Waals surface area contributed by atoms with Crippen molar-refractivity contribution in [1.29, 1.82) is 0 Å². The second-order valence-electron chi connectivity index (χ2n) is 6.63. The van der Waals surface area contributed by atoms with E-state index in [4.69, 9.17) is 4.74 Å². The van der Waals surface area contributed by atoms with Gasteiger partial charge in [0.2, 0.25) is 0 Å². The first kappa shape index (κ1) is 19.7. The van der Waals surface area contributed by atoms with Crippen LogP contribution in [0, 0.1) is 0 Å². The lowest BCUT2D eigenvalue weighted by Crippen LogP contribution is -2.27. The maximum Gasteiger partial charge on any atom is 0.252 e. The molecule has 0 aliphatic carbocycles. The van der Waals surface area contributed by atoms with E-state index in [0.29, 0.717) is 17.9 Å². The molecular formula is C20H28N4O2. The first-order valence-corrected chi connectivity index (χ1v) is 8.87. The molecule has 0 saturated carbocycles. The Balaban J connectivity index is 1.94. The number of amides is 1. The van der Waals surface area contributed by atoms with E-state index in [1.54, 1.807) is 18.3 Å². The summed E-state index contributed by atoms with van der Waals surface area (Å²) < 4.78 is 5.79. The molecule has 1 amide bonds. The zero-order chi connectivity index (χ0) is 18.9. The SMILES string of the molecule is CC(C)Oc1ccccc1Nc1ccc(C(=O)NCCCN(C)C)cn1. The van der Waals surface area contributed by atoms with E-state index in [2.05, 4.69) is 20.5 Å².